The maximum absolute atomic E-state index is 12.8. The fraction of sp³-hybridized carbons (Fsp3) is 0.261. The molecule has 8 nitrogen and oxygen atoms in total. The number of hydrogen-bond acceptors (Lipinski definition) is 8. The molecule has 4 rings (SSSR count). The number of non-ortho nitro benzene ring substituents is 1. The van der Waals surface area contributed by atoms with Gasteiger partial charge in [-0.2, -0.15) is 0 Å². The van der Waals surface area contributed by atoms with Gasteiger partial charge in [-0.15, -0.1) is 11.3 Å². The van der Waals surface area contributed by atoms with Crippen LogP contribution in [-0.4, -0.2) is 28.4 Å². The highest BCUT2D eigenvalue weighted by molar-refractivity contribution is 8.01. The van der Waals surface area contributed by atoms with Crippen LogP contribution in [0, 0.1) is 17.0 Å². The SMILES string of the molecule is Cc1csc(Sc2ccc([N+](=O)[O-])cc2C(=O)OCC(=O)NC2CCCc3ccccc32)n1. The topological polar surface area (TPSA) is 111 Å². The van der Waals surface area contributed by atoms with Crippen LogP contribution in [0.25, 0.3) is 0 Å². The molecule has 1 unspecified atom stereocenters. The lowest BCUT2D eigenvalue weighted by Crippen LogP contribution is -2.34. The maximum Gasteiger partial charge on any atom is 0.340 e. The summed E-state index contributed by atoms with van der Waals surface area (Å²) in [5.41, 5.74) is 2.93. The van der Waals surface area contributed by atoms with E-state index in [1.54, 1.807) is 0 Å². The number of aryl methyl sites for hydroxylation is 2. The van der Waals surface area contributed by atoms with Crippen LogP contribution in [0.5, 0.6) is 0 Å². The molecule has 1 amide bonds. The number of ether oxygens (including phenoxy) is 1. The van der Waals surface area contributed by atoms with Crippen molar-refractivity contribution in [3.8, 4) is 0 Å². The number of nitro benzene ring substituents is 1. The summed E-state index contributed by atoms with van der Waals surface area (Å²) in [6, 6.07) is 11.8. The molecule has 0 spiro atoms. The number of nitrogens with one attached hydrogen (secondary N) is 1. The zero-order chi connectivity index (χ0) is 23.4. The zero-order valence-corrected chi connectivity index (χ0v) is 19.4. The standard InChI is InChI=1S/C23H21N3O5S2/c1-14-13-32-23(24-14)33-20-10-9-16(26(29)30)11-18(20)22(28)31-12-21(27)25-19-8-4-6-15-5-2-3-7-17(15)19/h2-3,5,7,9-11,13,19H,4,6,8,12H2,1H3,(H,25,27). The van der Waals surface area contributed by atoms with Crippen molar-refractivity contribution in [2.24, 2.45) is 0 Å². The van der Waals surface area contributed by atoms with Crippen LogP contribution in [0.1, 0.15) is 46.1 Å². The minimum Gasteiger partial charge on any atom is -0.452 e. The van der Waals surface area contributed by atoms with E-state index in [1.807, 2.05) is 30.5 Å². The second kappa shape index (κ2) is 10.1. The quantitative estimate of drug-likeness (QED) is 0.290. The van der Waals surface area contributed by atoms with Gasteiger partial charge >= 0.3 is 5.97 Å². The number of fused-ring (bicyclic) bond motifs is 1. The fourth-order valence-corrected chi connectivity index (χ4v) is 5.60. The van der Waals surface area contributed by atoms with Gasteiger partial charge in [0.05, 0.1) is 16.5 Å². The number of amides is 1. The summed E-state index contributed by atoms with van der Waals surface area (Å²) in [6.07, 6.45) is 2.76. The molecule has 33 heavy (non-hydrogen) atoms. The van der Waals surface area contributed by atoms with E-state index in [4.69, 9.17) is 4.74 Å². The third-order valence-electron chi connectivity index (χ3n) is 5.23. The molecule has 10 heteroatoms. The second-order valence-electron chi connectivity index (χ2n) is 7.58. The lowest BCUT2D eigenvalue weighted by atomic mass is 9.88. The number of aromatic nitrogens is 1. The number of nitro groups is 1. The van der Waals surface area contributed by atoms with Gasteiger partial charge < -0.3 is 10.1 Å². The molecule has 0 saturated carbocycles. The molecule has 1 heterocycles. The second-order valence-corrected chi connectivity index (χ2v) is 9.73. The molecule has 0 bridgehead atoms. The normalized spacial score (nSPS) is 14.9. The van der Waals surface area contributed by atoms with Gasteiger partial charge in [-0.1, -0.05) is 36.0 Å². The summed E-state index contributed by atoms with van der Waals surface area (Å²) in [5.74, 6) is -1.21. The first-order valence-electron chi connectivity index (χ1n) is 10.3. The molecule has 1 aliphatic carbocycles. The Balaban J connectivity index is 1.44. The molecular weight excluding hydrogens is 462 g/mol. The van der Waals surface area contributed by atoms with Gasteiger partial charge in [-0.3, -0.25) is 14.9 Å². The minimum atomic E-state index is -0.798. The monoisotopic (exact) mass is 483 g/mol. The Morgan fingerprint density at radius 2 is 2.12 bits per heavy atom. The van der Waals surface area contributed by atoms with Crippen molar-refractivity contribution in [1.29, 1.82) is 0 Å². The Kier molecular flexibility index (Phi) is 7.05. The molecule has 1 atom stereocenters. The predicted molar refractivity (Wildman–Crippen MR) is 125 cm³/mol. The van der Waals surface area contributed by atoms with E-state index in [9.17, 15) is 19.7 Å². The third kappa shape index (κ3) is 5.58. The smallest absolute Gasteiger partial charge is 0.340 e. The lowest BCUT2D eigenvalue weighted by molar-refractivity contribution is -0.384. The predicted octanol–water partition coefficient (Wildman–Crippen LogP) is 4.86. The van der Waals surface area contributed by atoms with E-state index in [2.05, 4.69) is 16.4 Å². The van der Waals surface area contributed by atoms with Crippen molar-refractivity contribution in [2.75, 3.05) is 6.61 Å². The largest absolute Gasteiger partial charge is 0.452 e. The highest BCUT2D eigenvalue weighted by atomic mass is 32.2. The summed E-state index contributed by atoms with van der Waals surface area (Å²) in [4.78, 5) is 40.7. The average molecular weight is 484 g/mol. The van der Waals surface area contributed by atoms with E-state index < -0.39 is 23.4 Å². The number of esters is 1. The maximum atomic E-state index is 12.8. The van der Waals surface area contributed by atoms with Gasteiger partial charge in [0.25, 0.3) is 11.6 Å². The minimum absolute atomic E-state index is 0.0258. The number of thiazole rings is 1. The Morgan fingerprint density at radius 3 is 2.88 bits per heavy atom. The zero-order valence-electron chi connectivity index (χ0n) is 17.8. The number of hydrogen-bond donors (Lipinski definition) is 1. The Labute approximate surface area is 198 Å². The molecule has 0 aliphatic heterocycles. The molecule has 1 aromatic heterocycles. The van der Waals surface area contributed by atoms with Crippen molar-refractivity contribution in [3.05, 3.63) is 80.3 Å². The molecule has 1 N–H and O–H groups in total. The van der Waals surface area contributed by atoms with Gasteiger partial charge in [-0.05, 0) is 43.4 Å². The van der Waals surface area contributed by atoms with Gasteiger partial charge in [0.2, 0.25) is 0 Å². The molecule has 0 fully saturated rings. The summed E-state index contributed by atoms with van der Waals surface area (Å²) in [5, 5.41) is 16.0. The molecule has 3 aromatic rings. The molecular formula is C23H21N3O5S2. The van der Waals surface area contributed by atoms with Crippen LogP contribution < -0.4 is 5.32 Å². The van der Waals surface area contributed by atoms with Crippen molar-refractivity contribution >= 4 is 40.7 Å². The van der Waals surface area contributed by atoms with Crippen molar-refractivity contribution in [1.82, 2.24) is 10.3 Å². The number of carbonyl (C=O) groups is 2. The summed E-state index contributed by atoms with van der Waals surface area (Å²) in [7, 11) is 0. The molecule has 1 aliphatic rings. The highest BCUT2D eigenvalue weighted by Crippen LogP contribution is 2.35. The van der Waals surface area contributed by atoms with E-state index in [-0.39, 0.29) is 17.3 Å². The van der Waals surface area contributed by atoms with Gasteiger partial charge in [0, 0.05) is 28.1 Å². The summed E-state index contributed by atoms with van der Waals surface area (Å²) >= 11 is 2.63. The van der Waals surface area contributed by atoms with Crippen LogP contribution in [0.3, 0.4) is 0 Å². The molecule has 0 radical (unpaired) electrons. The Morgan fingerprint density at radius 1 is 1.30 bits per heavy atom. The Hall–Kier alpha value is -3.24. The number of rotatable bonds is 7. The van der Waals surface area contributed by atoms with E-state index in [0.29, 0.717) is 9.24 Å². The van der Waals surface area contributed by atoms with Gasteiger partial charge in [-0.25, -0.2) is 9.78 Å². The first-order valence-corrected chi connectivity index (χ1v) is 12.0. The number of benzene rings is 2. The number of carbonyl (C=O) groups excluding carboxylic acids is 2. The van der Waals surface area contributed by atoms with Crippen molar-refractivity contribution in [2.45, 2.75) is 41.5 Å². The van der Waals surface area contributed by atoms with Crippen molar-refractivity contribution in [3.63, 3.8) is 0 Å². The van der Waals surface area contributed by atoms with Crippen LogP contribution in [-0.2, 0) is 16.0 Å². The van der Waals surface area contributed by atoms with E-state index in [0.717, 1.165) is 30.5 Å². The highest BCUT2D eigenvalue weighted by Gasteiger charge is 2.23. The molecule has 2 aromatic carbocycles. The average Bonchev–Trinajstić information content (AvgIpc) is 3.22. The van der Waals surface area contributed by atoms with Crippen molar-refractivity contribution < 1.29 is 19.2 Å². The van der Waals surface area contributed by atoms with Crippen LogP contribution in [0.4, 0.5) is 5.69 Å². The van der Waals surface area contributed by atoms with Gasteiger partial charge in [0.15, 0.2) is 10.9 Å². The number of nitrogens with zero attached hydrogens (tertiary/aromatic N) is 2. The summed E-state index contributed by atoms with van der Waals surface area (Å²) < 4.78 is 5.93. The Bertz CT molecular complexity index is 1210. The third-order valence-corrected chi connectivity index (χ3v) is 7.36. The van der Waals surface area contributed by atoms with Gasteiger partial charge in [0.1, 0.15) is 0 Å². The van der Waals surface area contributed by atoms with Crippen LogP contribution in [0.15, 0.2) is 57.1 Å². The summed E-state index contributed by atoms with van der Waals surface area (Å²) in [6.45, 7) is 1.38. The van der Waals surface area contributed by atoms with E-state index in [1.165, 1.54) is 46.9 Å². The first-order chi connectivity index (χ1) is 15.9. The van der Waals surface area contributed by atoms with Crippen LogP contribution >= 0.6 is 23.1 Å². The molecule has 170 valence electrons. The fourth-order valence-electron chi connectivity index (χ4n) is 3.70. The van der Waals surface area contributed by atoms with E-state index >= 15 is 0 Å². The lowest BCUT2D eigenvalue weighted by Gasteiger charge is -2.26. The van der Waals surface area contributed by atoms with Crippen LogP contribution in [0.2, 0.25) is 0 Å². The molecule has 0 saturated heterocycles. The first kappa shape index (κ1) is 22.9.